The Kier molecular flexibility index (Phi) is 5.18. The largest absolute Gasteiger partial charge is 0.271 e. The molecule has 1 unspecified atom stereocenters. The highest BCUT2D eigenvalue weighted by atomic mass is 15.2. The van der Waals surface area contributed by atoms with Gasteiger partial charge in [-0.3, -0.25) is 11.3 Å². The molecular formula is C10H22N2. The fourth-order valence-corrected chi connectivity index (χ4v) is 1.30. The molecule has 0 spiro atoms. The summed E-state index contributed by atoms with van der Waals surface area (Å²) in [4.78, 5) is 0. The van der Waals surface area contributed by atoms with E-state index in [9.17, 15) is 0 Å². The monoisotopic (exact) mass is 170 g/mol. The van der Waals surface area contributed by atoms with E-state index in [1.54, 1.807) is 0 Å². The van der Waals surface area contributed by atoms with Gasteiger partial charge in [-0.2, -0.15) is 0 Å². The molecule has 3 N–H and O–H groups in total. The summed E-state index contributed by atoms with van der Waals surface area (Å²) in [5, 5.41) is 0. The van der Waals surface area contributed by atoms with Crippen LogP contribution in [0.2, 0.25) is 0 Å². The van der Waals surface area contributed by atoms with E-state index in [1.807, 2.05) is 6.08 Å². The number of nitrogens with one attached hydrogen (secondary N) is 1. The van der Waals surface area contributed by atoms with Crippen molar-refractivity contribution < 1.29 is 0 Å². The minimum absolute atomic E-state index is 0.345. The van der Waals surface area contributed by atoms with Gasteiger partial charge in [0.15, 0.2) is 0 Å². The SMILES string of the molecule is C=CCCC(CC(C)(C)C)NN. The van der Waals surface area contributed by atoms with Crippen LogP contribution in [0.15, 0.2) is 12.7 Å². The van der Waals surface area contributed by atoms with Crippen LogP contribution in [0.5, 0.6) is 0 Å². The summed E-state index contributed by atoms with van der Waals surface area (Å²) in [7, 11) is 0. The van der Waals surface area contributed by atoms with Gasteiger partial charge in [-0.15, -0.1) is 6.58 Å². The molecule has 0 rings (SSSR count). The molecule has 0 aliphatic heterocycles. The molecule has 0 aromatic carbocycles. The van der Waals surface area contributed by atoms with E-state index in [-0.39, 0.29) is 0 Å². The minimum atomic E-state index is 0.345. The number of nitrogens with two attached hydrogens (primary N) is 1. The second-order valence-electron chi connectivity index (χ2n) is 4.49. The molecule has 0 aromatic heterocycles. The third-order valence-electron chi connectivity index (χ3n) is 1.81. The van der Waals surface area contributed by atoms with Crippen LogP contribution < -0.4 is 11.3 Å². The zero-order valence-electron chi connectivity index (χ0n) is 8.56. The quantitative estimate of drug-likeness (QED) is 0.377. The average molecular weight is 170 g/mol. The molecule has 0 amide bonds. The maximum atomic E-state index is 5.44. The third-order valence-corrected chi connectivity index (χ3v) is 1.81. The van der Waals surface area contributed by atoms with Crippen molar-refractivity contribution in [3.05, 3.63) is 12.7 Å². The highest BCUT2D eigenvalue weighted by Gasteiger charge is 2.16. The first-order valence-corrected chi connectivity index (χ1v) is 4.56. The number of rotatable bonds is 5. The molecule has 2 nitrogen and oxygen atoms in total. The van der Waals surface area contributed by atoms with Crippen molar-refractivity contribution in [1.29, 1.82) is 0 Å². The highest BCUT2D eigenvalue weighted by molar-refractivity contribution is 4.76. The lowest BCUT2D eigenvalue weighted by molar-refractivity contribution is 0.301. The first-order valence-electron chi connectivity index (χ1n) is 4.56. The van der Waals surface area contributed by atoms with Crippen molar-refractivity contribution in [3.63, 3.8) is 0 Å². The molecule has 0 saturated carbocycles. The summed E-state index contributed by atoms with van der Waals surface area (Å²) in [6, 6.07) is 0.419. The van der Waals surface area contributed by atoms with Crippen molar-refractivity contribution >= 4 is 0 Å². The van der Waals surface area contributed by atoms with Crippen LogP contribution >= 0.6 is 0 Å². The second-order valence-corrected chi connectivity index (χ2v) is 4.49. The molecule has 12 heavy (non-hydrogen) atoms. The Balaban J connectivity index is 3.74. The smallest absolute Gasteiger partial charge is 0.0218 e. The first kappa shape index (κ1) is 11.7. The number of hydrogen-bond acceptors (Lipinski definition) is 2. The summed E-state index contributed by atoms with van der Waals surface area (Å²) in [6.07, 6.45) is 5.16. The molecule has 0 radical (unpaired) electrons. The van der Waals surface area contributed by atoms with Crippen LogP contribution in [0.25, 0.3) is 0 Å². The van der Waals surface area contributed by atoms with E-state index in [0.717, 1.165) is 19.3 Å². The van der Waals surface area contributed by atoms with Gasteiger partial charge in [-0.05, 0) is 24.7 Å². The second kappa shape index (κ2) is 5.33. The van der Waals surface area contributed by atoms with Crippen LogP contribution in [0.1, 0.15) is 40.0 Å². The van der Waals surface area contributed by atoms with Gasteiger partial charge in [0, 0.05) is 6.04 Å². The molecule has 0 saturated heterocycles. The summed E-state index contributed by atoms with van der Waals surface area (Å²) >= 11 is 0. The van der Waals surface area contributed by atoms with E-state index >= 15 is 0 Å². The molecule has 72 valence electrons. The van der Waals surface area contributed by atoms with Gasteiger partial charge >= 0.3 is 0 Å². The van der Waals surface area contributed by atoms with E-state index in [0.29, 0.717) is 11.5 Å². The molecular weight excluding hydrogens is 148 g/mol. The van der Waals surface area contributed by atoms with Gasteiger partial charge in [0.2, 0.25) is 0 Å². The first-order chi connectivity index (χ1) is 5.49. The third kappa shape index (κ3) is 6.38. The van der Waals surface area contributed by atoms with E-state index in [1.165, 1.54) is 0 Å². The molecule has 0 aromatic rings. The van der Waals surface area contributed by atoms with E-state index < -0.39 is 0 Å². The Labute approximate surface area is 76.2 Å². The fraction of sp³-hybridized carbons (Fsp3) is 0.800. The van der Waals surface area contributed by atoms with Gasteiger partial charge in [0.25, 0.3) is 0 Å². The Hall–Kier alpha value is -0.340. The molecule has 0 fully saturated rings. The molecule has 0 aliphatic rings. The predicted octanol–water partition coefficient (Wildman–Crippen LogP) is 2.22. The lowest BCUT2D eigenvalue weighted by atomic mass is 9.87. The van der Waals surface area contributed by atoms with Crippen molar-refractivity contribution in [3.8, 4) is 0 Å². The number of allylic oxidation sites excluding steroid dienone is 1. The lowest BCUT2D eigenvalue weighted by Gasteiger charge is -2.25. The Morgan fingerprint density at radius 3 is 2.42 bits per heavy atom. The Bertz CT molecular complexity index is 124. The number of hydrogen-bond donors (Lipinski definition) is 2. The highest BCUT2D eigenvalue weighted by Crippen LogP contribution is 2.22. The summed E-state index contributed by atoms with van der Waals surface area (Å²) < 4.78 is 0. The van der Waals surface area contributed by atoms with Crippen molar-refractivity contribution in [2.75, 3.05) is 0 Å². The van der Waals surface area contributed by atoms with Crippen molar-refractivity contribution in [2.24, 2.45) is 11.3 Å². The van der Waals surface area contributed by atoms with Crippen LogP contribution in [0, 0.1) is 5.41 Å². The number of hydrazine groups is 1. The lowest BCUT2D eigenvalue weighted by Crippen LogP contribution is -2.37. The Morgan fingerprint density at radius 2 is 2.08 bits per heavy atom. The summed E-state index contributed by atoms with van der Waals surface area (Å²) in [5.74, 6) is 5.44. The van der Waals surface area contributed by atoms with Gasteiger partial charge < -0.3 is 0 Å². The van der Waals surface area contributed by atoms with E-state index in [4.69, 9.17) is 5.84 Å². The summed E-state index contributed by atoms with van der Waals surface area (Å²) in [6.45, 7) is 10.4. The predicted molar refractivity (Wildman–Crippen MR) is 54.6 cm³/mol. The topological polar surface area (TPSA) is 38.0 Å². The molecule has 0 aliphatic carbocycles. The zero-order valence-corrected chi connectivity index (χ0v) is 8.56. The standard InChI is InChI=1S/C10H22N2/c1-5-6-7-9(12-11)8-10(2,3)4/h5,9,12H,1,6-8,11H2,2-4H3. The fourth-order valence-electron chi connectivity index (χ4n) is 1.30. The Morgan fingerprint density at radius 1 is 1.50 bits per heavy atom. The van der Waals surface area contributed by atoms with Gasteiger partial charge in [-0.25, -0.2) is 0 Å². The maximum absolute atomic E-state index is 5.44. The van der Waals surface area contributed by atoms with Crippen LogP contribution in [-0.2, 0) is 0 Å². The van der Waals surface area contributed by atoms with Crippen LogP contribution in [0.4, 0.5) is 0 Å². The normalized spacial score (nSPS) is 14.3. The zero-order chi connectivity index (χ0) is 9.61. The molecule has 1 atom stereocenters. The molecule has 0 heterocycles. The van der Waals surface area contributed by atoms with E-state index in [2.05, 4.69) is 32.8 Å². The summed E-state index contributed by atoms with van der Waals surface area (Å²) in [5.41, 5.74) is 3.19. The van der Waals surface area contributed by atoms with Crippen LogP contribution in [-0.4, -0.2) is 6.04 Å². The molecule has 0 bridgehead atoms. The van der Waals surface area contributed by atoms with Crippen molar-refractivity contribution in [2.45, 2.75) is 46.1 Å². The van der Waals surface area contributed by atoms with Gasteiger partial charge in [0.05, 0.1) is 0 Å². The average Bonchev–Trinajstić information content (AvgIpc) is 1.95. The maximum Gasteiger partial charge on any atom is 0.0218 e. The minimum Gasteiger partial charge on any atom is -0.271 e. The van der Waals surface area contributed by atoms with Crippen LogP contribution in [0.3, 0.4) is 0 Å². The molecule has 2 heteroatoms. The van der Waals surface area contributed by atoms with Gasteiger partial charge in [-0.1, -0.05) is 26.8 Å². The van der Waals surface area contributed by atoms with Crippen molar-refractivity contribution in [1.82, 2.24) is 5.43 Å². The van der Waals surface area contributed by atoms with Gasteiger partial charge in [0.1, 0.15) is 0 Å².